The maximum absolute atomic E-state index is 12.6. The van der Waals surface area contributed by atoms with E-state index in [1.54, 1.807) is 0 Å². The highest BCUT2D eigenvalue weighted by atomic mass is 19.4. The molecule has 0 aliphatic heterocycles. The molecule has 0 bridgehead atoms. The molecule has 0 radical (unpaired) electrons. The number of benzene rings is 1. The second-order valence-electron chi connectivity index (χ2n) is 3.41. The molecule has 0 unspecified atom stereocenters. The van der Waals surface area contributed by atoms with Crippen molar-refractivity contribution in [3.63, 3.8) is 0 Å². The Morgan fingerprint density at radius 1 is 1.00 bits per heavy atom. The van der Waals surface area contributed by atoms with Crippen LogP contribution in [0.3, 0.4) is 0 Å². The third-order valence-corrected chi connectivity index (χ3v) is 2.31. The fourth-order valence-corrected chi connectivity index (χ4v) is 1.51. The van der Waals surface area contributed by atoms with Crippen LogP contribution in [0.5, 0.6) is 0 Å². The van der Waals surface area contributed by atoms with Crippen LogP contribution in [0.1, 0.15) is 23.6 Å². The highest BCUT2D eigenvalue weighted by Gasteiger charge is 2.44. The predicted molar refractivity (Wildman–Crippen MR) is 50.2 cm³/mol. The lowest BCUT2D eigenvalue weighted by atomic mass is 9.98. The number of hydrogen-bond acceptors (Lipinski definition) is 1. The summed E-state index contributed by atoms with van der Waals surface area (Å²) in [5.74, 6) is 0. The molecule has 96 valence electrons. The highest BCUT2D eigenvalue weighted by Crippen LogP contribution is 2.44. The van der Waals surface area contributed by atoms with Crippen LogP contribution in [0.15, 0.2) is 12.1 Å². The van der Waals surface area contributed by atoms with Gasteiger partial charge in [-0.05, 0) is 18.1 Å². The van der Waals surface area contributed by atoms with E-state index < -0.39 is 29.2 Å². The molecular formula is C10H9F6N. The van der Waals surface area contributed by atoms with Gasteiger partial charge in [0.25, 0.3) is 0 Å². The summed E-state index contributed by atoms with van der Waals surface area (Å²) in [6.07, 6.45) is -10.1. The van der Waals surface area contributed by atoms with E-state index in [1.807, 2.05) is 0 Å². The van der Waals surface area contributed by atoms with Crippen molar-refractivity contribution in [1.82, 2.24) is 0 Å². The number of nitrogens with two attached hydrogens (primary N) is 1. The van der Waals surface area contributed by atoms with E-state index in [-0.39, 0.29) is 12.0 Å². The Labute approximate surface area is 93.2 Å². The lowest BCUT2D eigenvalue weighted by Crippen LogP contribution is -2.19. The van der Waals surface area contributed by atoms with E-state index >= 15 is 0 Å². The van der Waals surface area contributed by atoms with Crippen molar-refractivity contribution in [3.8, 4) is 0 Å². The average Bonchev–Trinajstić information content (AvgIpc) is 2.13. The third kappa shape index (κ3) is 2.65. The van der Waals surface area contributed by atoms with Gasteiger partial charge in [-0.25, -0.2) is 0 Å². The Morgan fingerprint density at radius 2 is 1.53 bits per heavy atom. The van der Waals surface area contributed by atoms with Gasteiger partial charge in [-0.15, -0.1) is 0 Å². The molecule has 0 atom stereocenters. The third-order valence-electron chi connectivity index (χ3n) is 2.31. The number of nitrogen functional groups attached to an aromatic ring is 1. The van der Waals surface area contributed by atoms with Gasteiger partial charge in [-0.3, -0.25) is 0 Å². The van der Waals surface area contributed by atoms with Gasteiger partial charge in [0.15, 0.2) is 0 Å². The molecule has 1 aromatic carbocycles. The van der Waals surface area contributed by atoms with Gasteiger partial charge in [0.05, 0.1) is 11.1 Å². The molecule has 0 aliphatic rings. The van der Waals surface area contributed by atoms with Crippen LogP contribution in [-0.4, -0.2) is 0 Å². The van der Waals surface area contributed by atoms with E-state index in [4.69, 9.17) is 5.73 Å². The summed E-state index contributed by atoms with van der Waals surface area (Å²) in [5.41, 5.74) is 0.800. The molecule has 0 spiro atoms. The van der Waals surface area contributed by atoms with E-state index in [0.29, 0.717) is 6.07 Å². The number of alkyl halides is 6. The molecule has 0 heterocycles. The SMILES string of the molecule is CCc1ccc(C(F)(F)F)c(C(F)(F)F)c1N. The molecule has 7 heteroatoms. The minimum atomic E-state index is -5.12. The summed E-state index contributed by atoms with van der Waals surface area (Å²) in [7, 11) is 0. The first-order valence-electron chi connectivity index (χ1n) is 4.64. The van der Waals surface area contributed by atoms with Crippen LogP contribution in [-0.2, 0) is 18.8 Å². The maximum Gasteiger partial charge on any atom is 0.418 e. The molecule has 1 nitrogen and oxygen atoms in total. The van der Waals surface area contributed by atoms with Gasteiger partial charge in [0, 0.05) is 5.69 Å². The summed E-state index contributed by atoms with van der Waals surface area (Å²) in [4.78, 5) is 0. The molecule has 0 fully saturated rings. The van der Waals surface area contributed by atoms with Crippen molar-refractivity contribution in [2.45, 2.75) is 25.7 Å². The molecule has 1 aromatic rings. The summed E-state index contributed by atoms with van der Waals surface area (Å²) in [6.45, 7) is 1.51. The van der Waals surface area contributed by atoms with Crippen LogP contribution in [0.2, 0.25) is 0 Å². The van der Waals surface area contributed by atoms with Gasteiger partial charge in [0.1, 0.15) is 0 Å². The van der Waals surface area contributed by atoms with Gasteiger partial charge in [-0.1, -0.05) is 13.0 Å². The highest BCUT2D eigenvalue weighted by molar-refractivity contribution is 5.59. The monoisotopic (exact) mass is 257 g/mol. The topological polar surface area (TPSA) is 26.0 Å². The zero-order valence-electron chi connectivity index (χ0n) is 8.71. The first kappa shape index (κ1) is 13.7. The fourth-order valence-electron chi connectivity index (χ4n) is 1.51. The van der Waals surface area contributed by atoms with Crippen molar-refractivity contribution in [2.24, 2.45) is 0 Å². The van der Waals surface area contributed by atoms with Crippen LogP contribution in [0.25, 0.3) is 0 Å². The summed E-state index contributed by atoms with van der Waals surface area (Å²) >= 11 is 0. The van der Waals surface area contributed by atoms with Gasteiger partial charge in [0.2, 0.25) is 0 Å². The molecule has 17 heavy (non-hydrogen) atoms. The van der Waals surface area contributed by atoms with Crippen LogP contribution >= 0.6 is 0 Å². The first-order valence-corrected chi connectivity index (χ1v) is 4.64. The Morgan fingerprint density at radius 3 is 1.88 bits per heavy atom. The van der Waals surface area contributed by atoms with Crippen LogP contribution < -0.4 is 5.73 Å². The average molecular weight is 257 g/mol. The minimum absolute atomic E-state index is 0.0466. The summed E-state index contributed by atoms with van der Waals surface area (Å²) < 4.78 is 75.0. The summed E-state index contributed by atoms with van der Waals surface area (Å²) in [5, 5.41) is 0. The van der Waals surface area contributed by atoms with Crippen molar-refractivity contribution in [1.29, 1.82) is 0 Å². The lowest BCUT2D eigenvalue weighted by Gasteiger charge is -2.19. The largest absolute Gasteiger partial charge is 0.418 e. The number of anilines is 1. The molecular weight excluding hydrogens is 248 g/mol. The minimum Gasteiger partial charge on any atom is -0.398 e. The van der Waals surface area contributed by atoms with Crippen LogP contribution in [0, 0.1) is 0 Å². The molecule has 0 aliphatic carbocycles. The van der Waals surface area contributed by atoms with E-state index in [0.717, 1.165) is 6.07 Å². The quantitative estimate of drug-likeness (QED) is 0.599. The molecule has 0 saturated carbocycles. The van der Waals surface area contributed by atoms with Gasteiger partial charge < -0.3 is 5.73 Å². The van der Waals surface area contributed by atoms with E-state index in [9.17, 15) is 26.3 Å². The Balaban J connectivity index is 3.59. The Hall–Kier alpha value is -1.40. The Kier molecular flexibility index (Phi) is 3.31. The number of halogens is 6. The normalized spacial score (nSPS) is 12.9. The number of aryl methyl sites for hydroxylation is 1. The lowest BCUT2D eigenvalue weighted by molar-refractivity contribution is -0.161. The smallest absolute Gasteiger partial charge is 0.398 e. The molecule has 0 aromatic heterocycles. The van der Waals surface area contributed by atoms with E-state index in [2.05, 4.69) is 0 Å². The maximum atomic E-state index is 12.6. The zero-order chi connectivity index (χ0) is 13.4. The molecule has 0 saturated heterocycles. The molecule has 2 N–H and O–H groups in total. The first-order chi connectivity index (χ1) is 7.59. The van der Waals surface area contributed by atoms with E-state index in [1.165, 1.54) is 6.92 Å². The van der Waals surface area contributed by atoms with Gasteiger partial charge in [-0.2, -0.15) is 26.3 Å². The zero-order valence-corrected chi connectivity index (χ0v) is 8.71. The van der Waals surface area contributed by atoms with Crippen molar-refractivity contribution in [2.75, 3.05) is 5.73 Å². The number of rotatable bonds is 1. The second-order valence-corrected chi connectivity index (χ2v) is 3.41. The van der Waals surface area contributed by atoms with Crippen LogP contribution in [0.4, 0.5) is 32.0 Å². The summed E-state index contributed by atoms with van der Waals surface area (Å²) in [6, 6.07) is 1.38. The molecule has 1 rings (SSSR count). The van der Waals surface area contributed by atoms with Crippen molar-refractivity contribution in [3.05, 3.63) is 28.8 Å². The fraction of sp³-hybridized carbons (Fsp3) is 0.400. The second kappa shape index (κ2) is 4.12. The van der Waals surface area contributed by atoms with Gasteiger partial charge >= 0.3 is 12.4 Å². The standard InChI is InChI=1S/C10H9F6N/c1-2-5-3-4-6(9(11,12)13)7(8(5)17)10(14,15)16/h3-4H,2,17H2,1H3. The predicted octanol–water partition coefficient (Wildman–Crippen LogP) is 3.87. The van der Waals surface area contributed by atoms with Crippen molar-refractivity contribution >= 4 is 5.69 Å². The Bertz CT molecular complexity index is 418. The number of hydrogen-bond donors (Lipinski definition) is 1. The molecule has 0 amide bonds. The van der Waals surface area contributed by atoms with Crippen molar-refractivity contribution < 1.29 is 26.3 Å².